The van der Waals surface area contributed by atoms with Gasteiger partial charge in [0.05, 0.1) is 18.8 Å². The molecule has 102 valence electrons. The van der Waals surface area contributed by atoms with Crippen LogP contribution < -0.4 is 5.32 Å². The number of hydrogen-bond acceptors (Lipinski definition) is 3. The predicted molar refractivity (Wildman–Crippen MR) is 70.0 cm³/mol. The largest absolute Gasteiger partial charge is 0.384 e. The van der Waals surface area contributed by atoms with Crippen LogP contribution in [0, 0.1) is 5.41 Å². The van der Waals surface area contributed by atoms with Crippen LogP contribution in [0.3, 0.4) is 0 Å². The van der Waals surface area contributed by atoms with Crippen LogP contribution in [0.1, 0.15) is 38.8 Å². The zero-order chi connectivity index (χ0) is 13.8. The van der Waals surface area contributed by atoms with Gasteiger partial charge >= 0.3 is 0 Å². The Balaban J connectivity index is 2.78. The summed E-state index contributed by atoms with van der Waals surface area (Å²) in [5.74, 6) is 0.000582. The zero-order valence-corrected chi connectivity index (χ0v) is 11.9. The van der Waals surface area contributed by atoms with Gasteiger partial charge in [-0.1, -0.05) is 20.8 Å². The molecule has 0 aromatic carbocycles. The lowest BCUT2D eigenvalue weighted by molar-refractivity contribution is -0.123. The number of rotatable bonds is 5. The maximum Gasteiger partial charge on any atom is 0.222 e. The van der Waals surface area contributed by atoms with Gasteiger partial charge < -0.3 is 10.1 Å². The lowest BCUT2D eigenvalue weighted by atomic mass is 9.83. The molecule has 1 amide bonds. The third-order valence-electron chi connectivity index (χ3n) is 2.76. The molecule has 1 aromatic heterocycles. The molecule has 0 unspecified atom stereocenters. The average Bonchev–Trinajstić information content (AvgIpc) is 2.68. The van der Waals surface area contributed by atoms with E-state index in [1.54, 1.807) is 18.0 Å². The minimum atomic E-state index is -0.0637. The topological polar surface area (TPSA) is 56.1 Å². The molecule has 1 N–H and O–H groups in total. The van der Waals surface area contributed by atoms with Crippen molar-refractivity contribution in [1.29, 1.82) is 0 Å². The number of methoxy groups -OCH3 is 1. The minimum Gasteiger partial charge on any atom is -0.384 e. The minimum absolute atomic E-state index is 0.000582. The Labute approximate surface area is 109 Å². The number of nitrogens with one attached hydrogen (secondary N) is 1. The standard InChI is InChI=1S/C13H23N3O2/c1-13(2,3)12(10-8-14-16(4)9-10)15-11(17)6-7-18-5/h8-9,12H,6-7H2,1-5H3,(H,15,17)/t12-/m1/s1. The van der Waals surface area contributed by atoms with E-state index in [2.05, 4.69) is 31.2 Å². The molecule has 0 bridgehead atoms. The van der Waals surface area contributed by atoms with Gasteiger partial charge in [0.2, 0.25) is 5.91 Å². The van der Waals surface area contributed by atoms with Gasteiger partial charge in [0.15, 0.2) is 0 Å². The van der Waals surface area contributed by atoms with Gasteiger partial charge in [0, 0.05) is 32.3 Å². The molecule has 0 aliphatic carbocycles. The van der Waals surface area contributed by atoms with Crippen molar-refractivity contribution in [3.63, 3.8) is 0 Å². The number of amides is 1. The fourth-order valence-corrected chi connectivity index (χ4v) is 1.82. The summed E-state index contributed by atoms with van der Waals surface area (Å²) in [6.07, 6.45) is 4.11. The van der Waals surface area contributed by atoms with Crippen molar-refractivity contribution in [1.82, 2.24) is 15.1 Å². The molecule has 0 fully saturated rings. The Morgan fingerprint density at radius 2 is 2.22 bits per heavy atom. The first-order valence-electron chi connectivity index (χ1n) is 6.11. The lowest BCUT2D eigenvalue weighted by Gasteiger charge is -2.30. The van der Waals surface area contributed by atoms with Crippen molar-refractivity contribution in [3.05, 3.63) is 18.0 Å². The maximum atomic E-state index is 11.8. The third-order valence-corrected chi connectivity index (χ3v) is 2.76. The normalized spacial score (nSPS) is 13.4. The highest BCUT2D eigenvalue weighted by atomic mass is 16.5. The van der Waals surface area contributed by atoms with E-state index in [1.165, 1.54) is 0 Å². The van der Waals surface area contributed by atoms with Crippen LogP contribution >= 0.6 is 0 Å². The van der Waals surface area contributed by atoms with Crippen LogP contribution in [0.4, 0.5) is 0 Å². The van der Waals surface area contributed by atoms with Gasteiger partial charge in [-0.25, -0.2) is 0 Å². The fourth-order valence-electron chi connectivity index (χ4n) is 1.82. The summed E-state index contributed by atoms with van der Waals surface area (Å²) in [5.41, 5.74) is 0.960. The monoisotopic (exact) mass is 253 g/mol. The molecule has 1 heterocycles. The van der Waals surface area contributed by atoms with E-state index < -0.39 is 0 Å². The summed E-state index contributed by atoms with van der Waals surface area (Å²) in [4.78, 5) is 11.8. The highest BCUT2D eigenvalue weighted by Gasteiger charge is 2.28. The Morgan fingerprint density at radius 3 is 2.67 bits per heavy atom. The molecule has 5 heteroatoms. The van der Waals surface area contributed by atoms with Crippen LogP contribution in [-0.4, -0.2) is 29.4 Å². The first-order chi connectivity index (χ1) is 8.34. The van der Waals surface area contributed by atoms with E-state index >= 15 is 0 Å². The molecule has 1 rings (SSSR count). The highest BCUT2D eigenvalue weighted by Crippen LogP contribution is 2.32. The van der Waals surface area contributed by atoms with Gasteiger partial charge in [-0.15, -0.1) is 0 Å². The van der Waals surface area contributed by atoms with Gasteiger partial charge in [-0.05, 0) is 5.41 Å². The second-order valence-electron chi connectivity index (χ2n) is 5.56. The average molecular weight is 253 g/mol. The molecule has 5 nitrogen and oxygen atoms in total. The van der Waals surface area contributed by atoms with E-state index in [9.17, 15) is 4.79 Å². The molecule has 0 aliphatic rings. The van der Waals surface area contributed by atoms with Crippen molar-refractivity contribution >= 4 is 5.91 Å². The molecule has 0 radical (unpaired) electrons. The SMILES string of the molecule is COCCC(=O)N[C@H](c1cnn(C)c1)C(C)(C)C. The summed E-state index contributed by atoms with van der Waals surface area (Å²) < 4.78 is 6.66. The summed E-state index contributed by atoms with van der Waals surface area (Å²) in [6.45, 7) is 6.74. The van der Waals surface area contributed by atoms with Crippen molar-refractivity contribution in [2.75, 3.05) is 13.7 Å². The number of carbonyl (C=O) groups excluding carboxylic acids is 1. The molecule has 1 aromatic rings. The Hall–Kier alpha value is -1.36. The molecule has 0 saturated heterocycles. The summed E-state index contributed by atoms with van der Waals surface area (Å²) in [5, 5.41) is 7.21. The molecule has 0 spiro atoms. The molecule has 0 aliphatic heterocycles. The summed E-state index contributed by atoms with van der Waals surface area (Å²) in [6, 6.07) is -0.0458. The van der Waals surface area contributed by atoms with Crippen molar-refractivity contribution in [2.24, 2.45) is 12.5 Å². The quantitative estimate of drug-likeness (QED) is 0.868. The van der Waals surface area contributed by atoms with Crippen molar-refractivity contribution < 1.29 is 9.53 Å². The van der Waals surface area contributed by atoms with Crippen LogP contribution in [-0.2, 0) is 16.6 Å². The van der Waals surface area contributed by atoms with Gasteiger partial charge in [0.1, 0.15) is 0 Å². The second-order valence-corrected chi connectivity index (χ2v) is 5.56. The van der Waals surface area contributed by atoms with Gasteiger partial charge in [0.25, 0.3) is 0 Å². The van der Waals surface area contributed by atoms with Crippen LogP contribution in [0.15, 0.2) is 12.4 Å². The number of aryl methyl sites for hydroxylation is 1. The van der Waals surface area contributed by atoms with Crippen LogP contribution in [0.25, 0.3) is 0 Å². The number of ether oxygens (including phenoxy) is 1. The van der Waals surface area contributed by atoms with E-state index in [4.69, 9.17) is 4.74 Å². The smallest absolute Gasteiger partial charge is 0.222 e. The number of carbonyl (C=O) groups is 1. The van der Waals surface area contributed by atoms with E-state index in [0.717, 1.165) is 5.56 Å². The predicted octanol–water partition coefficient (Wildman–Crippen LogP) is 1.66. The van der Waals surface area contributed by atoms with Gasteiger partial charge in [-0.2, -0.15) is 5.10 Å². The van der Waals surface area contributed by atoms with Crippen LogP contribution in [0.2, 0.25) is 0 Å². The maximum absolute atomic E-state index is 11.8. The van der Waals surface area contributed by atoms with Crippen molar-refractivity contribution in [2.45, 2.75) is 33.2 Å². The molecule has 1 atom stereocenters. The van der Waals surface area contributed by atoms with E-state index in [-0.39, 0.29) is 17.4 Å². The number of hydrogen-bond donors (Lipinski definition) is 1. The number of nitrogens with zero attached hydrogens (tertiary/aromatic N) is 2. The summed E-state index contributed by atoms with van der Waals surface area (Å²) in [7, 11) is 3.46. The molecular formula is C13H23N3O2. The summed E-state index contributed by atoms with van der Waals surface area (Å²) >= 11 is 0. The lowest BCUT2D eigenvalue weighted by Crippen LogP contribution is -2.36. The Morgan fingerprint density at radius 1 is 1.56 bits per heavy atom. The fraction of sp³-hybridized carbons (Fsp3) is 0.692. The Kier molecular flexibility index (Phi) is 4.90. The Bertz CT molecular complexity index is 393. The third kappa shape index (κ3) is 4.14. The first-order valence-corrected chi connectivity index (χ1v) is 6.11. The molecule has 18 heavy (non-hydrogen) atoms. The van der Waals surface area contributed by atoms with Crippen molar-refractivity contribution in [3.8, 4) is 0 Å². The van der Waals surface area contributed by atoms with E-state index in [1.807, 2.05) is 13.2 Å². The molecular weight excluding hydrogens is 230 g/mol. The number of aromatic nitrogens is 2. The van der Waals surface area contributed by atoms with Gasteiger partial charge in [-0.3, -0.25) is 9.48 Å². The highest BCUT2D eigenvalue weighted by molar-refractivity contribution is 5.76. The molecule has 0 saturated carbocycles. The second kappa shape index (κ2) is 6.00. The first kappa shape index (κ1) is 14.7. The van der Waals surface area contributed by atoms with E-state index in [0.29, 0.717) is 13.0 Å². The zero-order valence-electron chi connectivity index (χ0n) is 11.9. The van der Waals surface area contributed by atoms with Crippen LogP contribution in [0.5, 0.6) is 0 Å².